The summed E-state index contributed by atoms with van der Waals surface area (Å²) in [5.74, 6) is -0.371. The molecule has 1 amide bonds. The summed E-state index contributed by atoms with van der Waals surface area (Å²) in [5, 5.41) is 10.4. The third kappa shape index (κ3) is 6.69. The molecule has 35 heavy (non-hydrogen) atoms. The van der Waals surface area contributed by atoms with Gasteiger partial charge in [-0.2, -0.15) is 9.61 Å². The summed E-state index contributed by atoms with van der Waals surface area (Å²) < 4.78 is 22.8. The summed E-state index contributed by atoms with van der Waals surface area (Å²) in [7, 11) is 0. The smallest absolute Gasteiger partial charge is 0.407 e. The van der Waals surface area contributed by atoms with Gasteiger partial charge in [-0.15, -0.1) is 0 Å². The van der Waals surface area contributed by atoms with Crippen LogP contribution in [0.15, 0.2) is 41.2 Å². The van der Waals surface area contributed by atoms with Crippen LogP contribution in [-0.4, -0.2) is 39.0 Å². The van der Waals surface area contributed by atoms with Crippen LogP contribution >= 0.6 is 0 Å². The number of amides is 1. The Hall–Kier alpha value is -3.20. The van der Waals surface area contributed by atoms with Crippen LogP contribution in [0.2, 0.25) is 0 Å². The van der Waals surface area contributed by atoms with E-state index in [4.69, 9.17) is 4.74 Å². The number of aromatic nitrogens is 3. The Kier molecular flexibility index (Phi) is 8.32. The highest BCUT2D eigenvalue weighted by atomic mass is 19.1. The Labute approximate surface area is 205 Å². The highest BCUT2D eigenvalue weighted by molar-refractivity contribution is 5.67. The first kappa shape index (κ1) is 26.4. The van der Waals surface area contributed by atoms with Crippen LogP contribution in [0, 0.1) is 18.7 Å². The van der Waals surface area contributed by atoms with Gasteiger partial charge in [0, 0.05) is 12.2 Å². The van der Waals surface area contributed by atoms with E-state index in [0.717, 1.165) is 10.1 Å². The molecule has 0 aliphatic heterocycles. The van der Waals surface area contributed by atoms with E-state index in [2.05, 4.69) is 29.6 Å². The number of rotatable bonds is 9. The average molecular weight is 486 g/mol. The van der Waals surface area contributed by atoms with Crippen LogP contribution in [0.1, 0.15) is 64.0 Å². The molecule has 0 radical (unpaired) electrons. The molecule has 3 rings (SSSR count). The quantitative estimate of drug-likeness (QED) is 0.444. The van der Waals surface area contributed by atoms with Crippen molar-refractivity contribution in [1.29, 1.82) is 0 Å². The zero-order valence-electron chi connectivity index (χ0n) is 21.4. The van der Waals surface area contributed by atoms with Crippen molar-refractivity contribution in [3.63, 3.8) is 0 Å². The molecule has 0 spiro atoms. The maximum Gasteiger partial charge on any atom is 0.407 e. The van der Waals surface area contributed by atoms with E-state index in [1.165, 1.54) is 0 Å². The minimum atomic E-state index is -0.548. The number of hydrogen-bond donors (Lipinski definition) is 2. The highest BCUT2D eigenvalue weighted by Gasteiger charge is 2.24. The SMILES string of the molecule is Cc1nn2c(=O)n(Cc3ccccc3)c(C(NCCCNC(=O)OC(C)(C)C)C(C)C)cc2c1F. The number of halogens is 1. The largest absolute Gasteiger partial charge is 0.444 e. The lowest BCUT2D eigenvalue weighted by molar-refractivity contribution is 0.0527. The lowest BCUT2D eigenvalue weighted by atomic mass is 9.99. The lowest BCUT2D eigenvalue weighted by Crippen LogP contribution is -2.37. The molecule has 9 heteroatoms. The van der Waals surface area contributed by atoms with Gasteiger partial charge in [0.25, 0.3) is 0 Å². The van der Waals surface area contributed by atoms with Crippen molar-refractivity contribution < 1.29 is 13.9 Å². The molecule has 0 saturated carbocycles. The summed E-state index contributed by atoms with van der Waals surface area (Å²) in [4.78, 5) is 25.3. The summed E-state index contributed by atoms with van der Waals surface area (Å²) in [6, 6.07) is 11.2. The summed E-state index contributed by atoms with van der Waals surface area (Å²) in [6.45, 7) is 12.5. The number of nitrogens with zero attached hydrogens (tertiary/aromatic N) is 3. The number of fused-ring (bicyclic) bond motifs is 1. The van der Waals surface area contributed by atoms with Gasteiger partial charge in [0.15, 0.2) is 5.82 Å². The molecule has 0 fully saturated rings. The predicted octanol–water partition coefficient (Wildman–Crippen LogP) is 4.19. The summed E-state index contributed by atoms with van der Waals surface area (Å²) >= 11 is 0. The van der Waals surface area contributed by atoms with Gasteiger partial charge >= 0.3 is 11.8 Å². The molecule has 3 aromatic rings. The van der Waals surface area contributed by atoms with E-state index >= 15 is 0 Å². The van der Waals surface area contributed by atoms with Gasteiger partial charge in [0.1, 0.15) is 11.1 Å². The maximum absolute atomic E-state index is 14.8. The van der Waals surface area contributed by atoms with Gasteiger partial charge < -0.3 is 15.4 Å². The molecule has 2 aromatic heterocycles. The normalized spacial score (nSPS) is 12.8. The number of hydrogen-bond acceptors (Lipinski definition) is 5. The molecule has 1 unspecified atom stereocenters. The first-order chi connectivity index (χ1) is 16.5. The monoisotopic (exact) mass is 485 g/mol. The standard InChI is InChI=1S/C26H36FN5O3/c1-17(2)23(28-13-10-14-29-24(33)35-26(4,5)6)21-15-20-22(27)18(3)30-32(20)25(34)31(21)16-19-11-8-7-9-12-19/h7-9,11-12,15,17,23,28H,10,13-14,16H2,1-6H3,(H,29,33). The second-order valence-corrected chi connectivity index (χ2v) is 10.1. The van der Waals surface area contributed by atoms with Crippen LogP contribution in [0.5, 0.6) is 0 Å². The van der Waals surface area contributed by atoms with Gasteiger partial charge in [-0.1, -0.05) is 44.2 Å². The molecular weight excluding hydrogens is 449 g/mol. The summed E-state index contributed by atoms with van der Waals surface area (Å²) in [5.41, 5.74) is 1.09. The Morgan fingerprint density at radius 3 is 2.49 bits per heavy atom. The maximum atomic E-state index is 14.8. The van der Waals surface area contributed by atoms with Gasteiger partial charge in [0.2, 0.25) is 0 Å². The fourth-order valence-electron chi connectivity index (χ4n) is 3.95. The molecule has 0 bridgehead atoms. The Balaban J connectivity index is 1.84. The molecular formula is C26H36FN5O3. The molecule has 2 N–H and O–H groups in total. The molecule has 1 atom stereocenters. The van der Waals surface area contributed by atoms with Crippen molar-refractivity contribution >= 4 is 11.6 Å². The Morgan fingerprint density at radius 2 is 1.86 bits per heavy atom. The average Bonchev–Trinajstić information content (AvgIpc) is 3.06. The molecule has 1 aromatic carbocycles. The first-order valence-electron chi connectivity index (χ1n) is 12.0. The second-order valence-electron chi connectivity index (χ2n) is 10.1. The molecule has 0 saturated heterocycles. The van der Waals surface area contributed by atoms with Gasteiger partial charge in [0.05, 0.1) is 18.3 Å². The van der Waals surface area contributed by atoms with Crippen LogP contribution in [-0.2, 0) is 11.3 Å². The van der Waals surface area contributed by atoms with Crippen molar-refractivity contribution in [2.24, 2.45) is 5.92 Å². The Morgan fingerprint density at radius 1 is 1.17 bits per heavy atom. The molecule has 0 aliphatic carbocycles. The van der Waals surface area contributed by atoms with E-state index in [1.54, 1.807) is 17.6 Å². The Bertz CT molecular complexity index is 1210. The predicted molar refractivity (Wildman–Crippen MR) is 134 cm³/mol. The van der Waals surface area contributed by atoms with Crippen LogP contribution in [0.25, 0.3) is 5.52 Å². The fourth-order valence-corrected chi connectivity index (χ4v) is 3.95. The number of nitrogens with one attached hydrogen (secondary N) is 2. The van der Waals surface area contributed by atoms with E-state index < -0.39 is 17.5 Å². The van der Waals surface area contributed by atoms with Crippen molar-refractivity contribution in [3.05, 3.63) is 69.7 Å². The van der Waals surface area contributed by atoms with E-state index in [1.807, 2.05) is 51.1 Å². The topological polar surface area (TPSA) is 89.7 Å². The summed E-state index contributed by atoms with van der Waals surface area (Å²) in [6.07, 6.45) is 0.208. The first-order valence-corrected chi connectivity index (χ1v) is 12.0. The molecule has 2 heterocycles. The molecule has 8 nitrogen and oxygen atoms in total. The highest BCUT2D eigenvalue weighted by Crippen LogP contribution is 2.24. The lowest BCUT2D eigenvalue weighted by Gasteiger charge is -2.26. The number of ether oxygens (including phenoxy) is 1. The minimum absolute atomic E-state index is 0.116. The van der Waals surface area contributed by atoms with Crippen molar-refractivity contribution in [3.8, 4) is 0 Å². The van der Waals surface area contributed by atoms with E-state index in [0.29, 0.717) is 31.7 Å². The molecule has 0 aliphatic rings. The fraction of sp³-hybridized carbons (Fsp3) is 0.500. The van der Waals surface area contributed by atoms with Crippen molar-refractivity contribution in [2.45, 2.75) is 66.2 Å². The third-order valence-electron chi connectivity index (χ3n) is 5.58. The van der Waals surface area contributed by atoms with Gasteiger partial charge in [-0.05, 0) is 58.2 Å². The van der Waals surface area contributed by atoms with Crippen LogP contribution in [0.3, 0.4) is 0 Å². The van der Waals surface area contributed by atoms with Crippen LogP contribution < -0.4 is 16.3 Å². The van der Waals surface area contributed by atoms with E-state index in [9.17, 15) is 14.0 Å². The number of benzene rings is 1. The minimum Gasteiger partial charge on any atom is -0.444 e. The zero-order valence-corrected chi connectivity index (χ0v) is 21.4. The number of carbonyl (C=O) groups excluding carboxylic acids is 1. The zero-order chi connectivity index (χ0) is 25.8. The van der Waals surface area contributed by atoms with Crippen LogP contribution in [0.4, 0.5) is 9.18 Å². The van der Waals surface area contributed by atoms with Gasteiger partial charge in [-0.3, -0.25) is 4.57 Å². The second kappa shape index (κ2) is 11.0. The van der Waals surface area contributed by atoms with Crippen molar-refractivity contribution in [2.75, 3.05) is 13.1 Å². The number of aryl methyl sites for hydroxylation is 1. The number of alkyl carbamates (subject to hydrolysis) is 1. The van der Waals surface area contributed by atoms with Crippen molar-refractivity contribution in [1.82, 2.24) is 24.8 Å². The number of carbonyl (C=O) groups is 1. The third-order valence-corrected chi connectivity index (χ3v) is 5.58. The molecule has 190 valence electrons. The van der Waals surface area contributed by atoms with Gasteiger partial charge in [-0.25, -0.2) is 14.0 Å². The van der Waals surface area contributed by atoms with E-state index in [-0.39, 0.29) is 28.9 Å².